The molecular weight excluding hydrogens is 456 g/mol. The van der Waals surface area contributed by atoms with Gasteiger partial charge in [-0.2, -0.15) is 5.10 Å². The molecule has 0 aliphatic rings. The van der Waals surface area contributed by atoms with Crippen molar-refractivity contribution in [1.82, 2.24) is 5.43 Å². The topological polar surface area (TPSA) is 59.9 Å². The molecule has 0 aromatic heterocycles. The zero-order chi connectivity index (χ0) is 20.5. The zero-order valence-electron chi connectivity index (χ0n) is 15.3. The molecule has 7 heteroatoms. The molecule has 3 rings (SSSR count). The van der Waals surface area contributed by atoms with Crippen molar-refractivity contribution in [2.75, 3.05) is 6.61 Å². The van der Waals surface area contributed by atoms with Crippen molar-refractivity contribution in [2.24, 2.45) is 5.10 Å². The highest BCUT2D eigenvalue weighted by atomic mass is 79.9. The van der Waals surface area contributed by atoms with Gasteiger partial charge in [0.2, 0.25) is 0 Å². The van der Waals surface area contributed by atoms with E-state index >= 15 is 0 Å². The van der Waals surface area contributed by atoms with Crippen LogP contribution in [0.5, 0.6) is 11.5 Å². The lowest BCUT2D eigenvalue weighted by Crippen LogP contribution is -2.24. The van der Waals surface area contributed by atoms with Crippen LogP contribution in [0.3, 0.4) is 0 Å². The predicted molar refractivity (Wildman–Crippen MR) is 118 cm³/mol. The summed E-state index contributed by atoms with van der Waals surface area (Å²) in [6.07, 6.45) is 1.54. The summed E-state index contributed by atoms with van der Waals surface area (Å²) in [6, 6.07) is 22.1. The number of amides is 1. The highest BCUT2D eigenvalue weighted by molar-refractivity contribution is 9.10. The van der Waals surface area contributed by atoms with Gasteiger partial charge in [-0.3, -0.25) is 4.79 Å². The van der Waals surface area contributed by atoms with Gasteiger partial charge in [0.25, 0.3) is 5.91 Å². The van der Waals surface area contributed by atoms with E-state index in [-0.39, 0.29) is 12.5 Å². The summed E-state index contributed by atoms with van der Waals surface area (Å²) in [6.45, 7) is 0.269. The molecule has 0 saturated heterocycles. The first-order chi connectivity index (χ1) is 14.1. The molecule has 0 atom stereocenters. The van der Waals surface area contributed by atoms with Crippen LogP contribution in [0.25, 0.3) is 0 Å². The second-order valence-electron chi connectivity index (χ2n) is 5.99. The molecule has 3 aromatic carbocycles. The number of nitrogens with one attached hydrogen (secondary N) is 1. The van der Waals surface area contributed by atoms with Crippen molar-refractivity contribution in [3.8, 4) is 11.5 Å². The minimum absolute atomic E-state index is 0.153. The average Bonchev–Trinajstić information content (AvgIpc) is 2.73. The molecule has 29 heavy (non-hydrogen) atoms. The Morgan fingerprint density at radius 1 is 1.03 bits per heavy atom. The average molecular weight is 474 g/mol. The fourth-order valence-electron chi connectivity index (χ4n) is 2.39. The highest BCUT2D eigenvalue weighted by Gasteiger charge is 2.04. The standard InChI is InChI=1S/C22H18BrClN2O3/c23-18-6-3-4-16(12-18)14-29-21-7-2-1-5-17(21)13-25-26-22(27)15-28-20-10-8-19(24)9-11-20/h1-13H,14-15H2,(H,26,27). The number of ether oxygens (including phenoxy) is 2. The quantitative estimate of drug-likeness (QED) is 0.361. The molecule has 5 nitrogen and oxygen atoms in total. The molecular formula is C22H18BrClN2O3. The second kappa shape index (κ2) is 10.6. The van der Waals surface area contributed by atoms with Gasteiger partial charge in [-0.15, -0.1) is 0 Å². The van der Waals surface area contributed by atoms with Gasteiger partial charge < -0.3 is 9.47 Å². The Bertz CT molecular complexity index is 993. The maximum absolute atomic E-state index is 11.9. The molecule has 0 fully saturated rings. The van der Waals surface area contributed by atoms with Crippen molar-refractivity contribution in [3.63, 3.8) is 0 Å². The third-order valence-corrected chi connectivity index (χ3v) is 4.52. The van der Waals surface area contributed by atoms with Gasteiger partial charge in [0.15, 0.2) is 6.61 Å². The van der Waals surface area contributed by atoms with E-state index in [9.17, 15) is 4.79 Å². The van der Waals surface area contributed by atoms with Gasteiger partial charge in [0, 0.05) is 15.1 Å². The van der Waals surface area contributed by atoms with Crippen LogP contribution in [0.15, 0.2) is 82.4 Å². The van der Waals surface area contributed by atoms with Crippen LogP contribution in [-0.4, -0.2) is 18.7 Å². The summed E-state index contributed by atoms with van der Waals surface area (Å²) < 4.78 is 12.3. The van der Waals surface area contributed by atoms with Gasteiger partial charge in [-0.1, -0.05) is 51.8 Å². The van der Waals surface area contributed by atoms with Gasteiger partial charge in [0.05, 0.1) is 6.21 Å². The zero-order valence-corrected chi connectivity index (χ0v) is 17.7. The van der Waals surface area contributed by atoms with Crippen molar-refractivity contribution in [2.45, 2.75) is 6.61 Å². The van der Waals surface area contributed by atoms with Gasteiger partial charge >= 0.3 is 0 Å². The van der Waals surface area contributed by atoms with Gasteiger partial charge in [0.1, 0.15) is 18.1 Å². The molecule has 3 aromatic rings. The fourth-order valence-corrected chi connectivity index (χ4v) is 2.96. The van der Waals surface area contributed by atoms with Crippen LogP contribution < -0.4 is 14.9 Å². The number of carbonyl (C=O) groups is 1. The largest absolute Gasteiger partial charge is 0.488 e. The first-order valence-electron chi connectivity index (χ1n) is 8.77. The number of hydrogen-bond acceptors (Lipinski definition) is 4. The summed E-state index contributed by atoms with van der Waals surface area (Å²) in [5.41, 5.74) is 4.23. The Hall–Kier alpha value is -2.83. The molecule has 0 aliphatic heterocycles. The number of hydrogen-bond donors (Lipinski definition) is 1. The molecule has 0 heterocycles. The van der Waals surface area contributed by atoms with Crippen molar-refractivity contribution in [1.29, 1.82) is 0 Å². The number of carbonyl (C=O) groups excluding carboxylic acids is 1. The Morgan fingerprint density at radius 2 is 1.83 bits per heavy atom. The molecule has 0 bridgehead atoms. The summed E-state index contributed by atoms with van der Waals surface area (Å²) in [4.78, 5) is 11.9. The van der Waals surface area contributed by atoms with E-state index in [4.69, 9.17) is 21.1 Å². The first kappa shape index (κ1) is 20.9. The van der Waals surface area contributed by atoms with Crippen LogP contribution in [0.4, 0.5) is 0 Å². The number of hydrazone groups is 1. The maximum atomic E-state index is 11.9. The van der Waals surface area contributed by atoms with E-state index in [0.717, 1.165) is 15.6 Å². The van der Waals surface area contributed by atoms with Crippen molar-refractivity contribution < 1.29 is 14.3 Å². The molecule has 0 aliphatic carbocycles. The molecule has 1 N–H and O–H groups in total. The molecule has 0 spiro atoms. The summed E-state index contributed by atoms with van der Waals surface area (Å²) in [5.74, 6) is 0.853. The highest BCUT2D eigenvalue weighted by Crippen LogP contribution is 2.19. The summed E-state index contributed by atoms with van der Waals surface area (Å²) in [5, 5.41) is 4.59. The smallest absolute Gasteiger partial charge is 0.277 e. The second-order valence-corrected chi connectivity index (χ2v) is 7.34. The minimum Gasteiger partial charge on any atom is -0.488 e. The van der Waals surface area contributed by atoms with E-state index in [1.54, 1.807) is 24.3 Å². The van der Waals surface area contributed by atoms with Crippen LogP contribution >= 0.6 is 27.5 Å². The van der Waals surface area contributed by atoms with E-state index in [1.165, 1.54) is 6.21 Å². The molecule has 0 radical (unpaired) electrons. The molecule has 0 saturated carbocycles. The lowest BCUT2D eigenvalue weighted by atomic mass is 10.2. The third kappa shape index (κ3) is 6.93. The Balaban J connectivity index is 1.52. The predicted octanol–water partition coefficient (Wildman–Crippen LogP) is 5.21. The molecule has 1 amide bonds. The SMILES string of the molecule is O=C(COc1ccc(Cl)cc1)NN=Cc1ccccc1OCc1cccc(Br)c1. The van der Waals surface area contributed by atoms with E-state index < -0.39 is 0 Å². The Kier molecular flexibility index (Phi) is 7.67. The molecule has 0 unspecified atom stereocenters. The number of benzene rings is 3. The summed E-state index contributed by atoms with van der Waals surface area (Å²) in [7, 11) is 0. The van der Waals surface area contributed by atoms with Crippen LogP contribution in [-0.2, 0) is 11.4 Å². The summed E-state index contributed by atoms with van der Waals surface area (Å²) >= 11 is 9.26. The minimum atomic E-state index is -0.372. The first-order valence-corrected chi connectivity index (χ1v) is 9.94. The van der Waals surface area contributed by atoms with E-state index in [0.29, 0.717) is 23.1 Å². The van der Waals surface area contributed by atoms with Gasteiger partial charge in [-0.05, 0) is 54.1 Å². The number of nitrogens with zero attached hydrogens (tertiary/aromatic N) is 1. The van der Waals surface area contributed by atoms with E-state index in [2.05, 4.69) is 26.5 Å². The lowest BCUT2D eigenvalue weighted by Gasteiger charge is -2.09. The Morgan fingerprint density at radius 3 is 2.62 bits per heavy atom. The number of rotatable bonds is 8. The number of halogens is 2. The normalized spacial score (nSPS) is 10.7. The van der Waals surface area contributed by atoms with Crippen LogP contribution in [0.1, 0.15) is 11.1 Å². The lowest BCUT2D eigenvalue weighted by molar-refractivity contribution is -0.123. The van der Waals surface area contributed by atoms with Crippen molar-refractivity contribution >= 4 is 39.7 Å². The van der Waals surface area contributed by atoms with Crippen LogP contribution in [0.2, 0.25) is 5.02 Å². The van der Waals surface area contributed by atoms with Crippen molar-refractivity contribution in [3.05, 3.63) is 93.4 Å². The Labute approximate surface area is 182 Å². The van der Waals surface area contributed by atoms with Gasteiger partial charge in [-0.25, -0.2) is 5.43 Å². The molecule has 148 valence electrons. The monoisotopic (exact) mass is 472 g/mol. The maximum Gasteiger partial charge on any atom is 0.277 e. The third-order valence-electron chi connectivity index (χ3n) is 3.78. The number of para-hydroxylation sites is 1. The van der Waals surface area contributed by atoms with Crippen LogP contribution in [0, 0.1) is 0 Å². The fraction of sp³-hybridized carbons (Fsp3) is 0.0909. The van der Waals surface area contributed by atoms with E-state index in [1.807, 2.05) is 48.5 Å².